The topological polar surface area (TPSA) is 46.2 Å². The summed E-state index contributed by atoms with van der Waals surface area (Å²) in [7, 11) is 0. The van der Waals surface area contributed by atoms with Crippen LogP contribution in [0.4, 0.5) is 0 Å². The highest BCUT2D eigenvalue weighted by molar-refractivity contribution is 5.09. The number of rotatable bonds is 1. The van der Waals surface area contributed by atoms with Gasteiger partial charge in [-0.25, -0.2) is 0 Å². The molecule has 0 bridgehead atoms. The van der Waals surface area contributed by atoms with E-state index in [1.54, 1.807) is 0 Å². The molecule has 0 aromatic heterocycles. The summed E-state index contributed by atoms with van der Waals surface area (Å²) in [6.07, 6.45) is 6.36. The van der Waals surface area contributed by atoms with Crippen LogP contribution in [0, 0.1) is 23.7 Å². The van der Waals surface area contributed by atoms with Crippen LogP contribution in [0.25, 0.3) is 0 Å². The van der Waals surface area contributed by atoms with Crippen molar-refractivity contribution in [3.63, 3.8) is 0 Å². The molecule has 0 heterocycles. The second kappa shape index (κ2) is 2.48. The molecule has 0 saturated heterocycles. The summed E-state index contributed by atoms with van der Waals surface area (Å²) in [5.74, 6) is 3.14. The monoisotopic (exact) mass is 181 g/mol. The Hall–Kier alpha value is -0.0800. The summed E-state index contributed by atoms with van der Waals surface area (Å²) in [5.41, 5.74) is 5.22. The average Bonchev–Trinajstić information content (AvgIpc) is 2.71. The maximum absolute atomic E-state index is 10.4. The van der Waals surface area contributed by atoms with Crippen molar-refractivity contribution in [2.45, 2.75) is 37.7 Å². The molecule has 2 nitrogen and oxygen atoms in total. The molecule has 0 unspecified atom stereocenters. The lowest BCUT2D eigenvalue weighted by Crippen LogP contribution is -2.41. The van der Waals surface area contributed by atoms with Gasteiger partial charge >= 0.3 is 0 Å². The second-order valence-corrected chi connectivity index (χ2v) is 5.37. The van der Waals surface area contributed by atoms with Crippen molar-refractivity contribution in [1.82, 2.24) is 0 Å². The predicted octanol–water partition coefficient (Wildman–Crippen LogP) is 1.13. The summed E-state index contributed by atoms with van der Waals surface area (Å²) in [5, 5.41) is 10.4. The third-order valence-electron chi connectivity index (χ3n) is 4.97. The van der Waals surface area contributed by atoms with Gasteiger partial charge in [0.2, 0.25) is 0 Å². The van der Waals surface area contributed by atoms with Gasteiger partial charge in [0.1, 0.15) is 0 Å². The van der Waals surface area contributed by atoms with Gasteiger partial charge < -0.3 is 10.8 Å². The highest BCUT2D eigenvalue weighted by Crippen LogP contribution is 2.61. The molecular weight excluding hydrogens is 162 g/mol. The van der Waals surface area contributed by atoms with Crippen LogP contribution in [-0.2, 0) is 0 Å². The third kappa shape index (κ3) is 0.909. The summed E-state index contributed by atoms with van der Waals surface area (Å²) in [6, 6.07) is 0. The first kappa shape index (κ1) is 8.25. The van der Waals surface area contributed by atoms with Gasteiger partial charge in [-0.15, -0.1) is 0 Å². The van der Waals surface area contributed by atoms with Gasteiger partial charge in [0.25, 0.3) is 0 Å². The van der Waals surface area contributed by atoms with E-state index in [1.165, 1.54) is 25.7 Å². The minimum Gasteiger partial charge on any atom is -0.388 e. The van der Waals surface area contributed by atoms with Crippen molar-refractivity contribution in [3.8, 4) is 0 Å². The zero-order valence-corrected chi connectivity index (χ0v) is 8.08. The summed E-state index contributed by atoms with van der Waals surface area (Å²) >= 11 is 0. The van der Waals surface area contributed by atoms with Crippen molar-refractivity contribution in [2.24, 2.45) is 29.4 Å². The van der Waals surface area contributed by atoms with E-state index >= 15 is 0 Å². The Labute approximate surface area is 79.5 Å². The second-order valence-electron chi connectivity index (χ2n) is 5.37. The van der Waals surface area contributed by atoms with Crippen molar-refractivity contribution in [1.29, 1.82) is 0 Å². The highest BCUT2D eigenvalue weighted by atomic mass is 16.3. The Bertz CT molecular complexity index is 230. The lowest BCUT2D eigenvalue weighted by molar-refractivity contribution is 0.00381. The van der Waals surface area contributed by atoms with Crippen molar-refractivity contribution in [2.75, 3.05) is 6.54 Å². The molecule has 0 radical (unpaired) electrons. The molecule has 74 valence electrons. The van der Waals surface area contributed by atoms with Gasteiger partial charge in [0.05, 0.1) is 5.60 Å². The number of hydrogen-bond acceptors (Lipinski definition) is 2. The van der Waals surface area contributed by atoms with Crippen LogP contribution >= 0.6 is 0 Å². The quantitative estimate of drug-likeness (QED) is 0.637. The van der Waals surface area contributed by atoms with Gasteiger partial charge in [-0.3, -0.25) is 0 Å². The molecule has 3 saturated carbocycles. The fourth-order valence-electron chi connectivity index (χ4n) is 4.48. The van der Waals surface area contributed by atoms with Crippen LogP contribution in [0.3, 0.4) is 0 Å². The zero-order chi connectivity index (χ0) is 9.05. The fourth-order valence-corrected chi connectivity index (χ4v) is 4.48. The molecule has 3 aliphatic carbocycles. The van der Waals surface area contributed by atoms with E-state index in [-0.39, 0.29) is 0 Å². The molecule has 13 heavy (non-hydrogen) atoms. The Kier molecular flexibility index (Phi) is 1.58. The van der Waals surface area contributed by atoms with E-state index in [9.17, 15) is 5.11 Å². The minimum absolute atomic E-state index is 0.482. The molecule has 3 fully saturated rings. The van der Waals surface area contributed by atoms with Gasteiger partial charge in [0.15, 0.2) is 0 Å². The molecule has 3 aliphatic rings. The molecule has 0 spiro atoms. The smallest absolute Gasteiger partial charge is 0.0802 e. The van der Waals surface area contributed by atoms with E-state index in [1.807, 2.05) is 0 Å². The zero-order valence-electron chi connectivity index (χ0n) is 8.08. The van der Waals surface area contributed by atoms with E-state index in [0.717, 1.165) is 24.2 Å². The van der Waals surface area contributed by atoms with Crippen LogP contribution in [0.15, 0.2) is 0 Å². The van der Waals surface area contributed by atoms with Crippen molar-refractivity contribution in [3.05, 3.63) is 0 Å². The molecule has 3 N–H and O–H groups in total. The Morgan fingerprint density at radius 2 is 1.85 bits per heavy atom. The van der Waals surface area contributed by atoms with Crippen LogP contribution in [0.2, 0.25) is 0 Å². The summed E-state index contributed by atoms with van der Waals surface area (Å²) < 4.78 is 0. The molecule has 0 aromatic carbocycles. The van der Waals surface area contributed by atoms with Crippen molar-refractivity contribution >= 4 is 0 Å². The Balaban J connectivity index is 1.93. The molecular formula is C11H19NO. The lowest BCUT2D eigenvalue weighted by Gasteiger charge is -2.28. The molecule has 0 aliphatic heterocycles. The van der Waals surface area contributed by atoms with Gasteiger partial charge in [-0.1, -0.05) is 0 Å². The van der Waals surface area contributed by atoms with Gasteiger partial charge in [0, 0.05) is 6.54 Å². The molecule has 2 heteroatoms. The first-order valence-electron chi connectivity index (χ1n) is 5.67. The van der Waals surface area contributed by atoms with Gasteiger partial charge in [-0.05, 0) is 55.8 Å². The number of nitrogens with two attached hydrogens (primary N) is 1. The Morgan fingerprint density at radius 3 is 2.62 bits per heavy atom. The van der Waals surface area contributed by atoms with Crippen LogP contribution < -0.4 is 5.73 Å². The predicted molar refractivity (Wildman–Crippen MR) is 51.0 cm³/mol. The maximum Gasteiger partial charge on any atom is 0.0802 e. The van der Waals surface area contributed by atoms with Crippen LogP contribution in [-0.4, -0.2) is 17.3 Å². The first-order valence-corrected chi connectivity index (χ1v) is 5.67. The number of hydrogen-bond donors (Lipinski definition) is 2. The molecule has 0 amide bonds. The number of aliphatic hydroxyl groups is 1. The van der Waals surface area contributed by atoms with Crippen LogP contribution in [0.5, 0.6) is 0 Å². The minimum atomic E-state index is -0.482. The standard InChI is InChI=1S/C11H19NO/c12-6-11(13)5-8-2-1-7-3-4-9(11)10(7)8/h7-10,13H,1-6,12H2/t7-,8+,9+,10+,11+/m0/s1. The first-order chi connectivity index (χ1) is 6.24. The SMILES string of the molecule is NC[C@]1(O)C[C@H]2CC[C@H]3CC[C@@H]1[C@H]32. The summed E-state index contributed by atoms with van der Waals surface area (Å²) in [6.45, 7) is 0.484. The van der Waals surface area contributed by atoms with E-state index in [4.69, 9.17) is 5.73 Å². The third-order valence-corrected chi connectivity index (χ3v) is 4.97. The summed E-state index contributed by atoms with van der Waals surface area (Å²) in [4.78, 5) is 0. The van der Waals surface area contributed by atoms with E-state index < -0.39 is 5.60 Å². The van der Waals surface area contributed by atoms with Crippen molar-refractivity contribution < 1.29 is 5.11 Å². The lowest BCUT2D eigenvalue weighted by atomic mass is 9.86. The van der Waals surface area contributed by atoms with Crippen LogP contribution in [0.1, 0.15) is 32.1 Å². The molecule has 3 rings (SSSR count). The molecule has 0 aromatic rings. The maximum atomic E-state index is 10.4. The fraction of sp³-hybridized carbons (Fsp3) is 1.00. The highest BCUT2D eigenvalue weighted by Gasteiger charge is 2.58. The van der Waals surface area contributed by atoms with E-state index in [0.29, 0.717) is 12.5 Å². The largest absolute Gasteiger partial charge is 0.388 e. The molecule has 5 atom stereocenters. The Morgan fingerprint density at radius 1 is 1.15 bits per heavy atom. The van der Waals surface area contributed by atoms with Gasteiger partial charge in [-0.2, -0.15) is 0 Å². The normalized spacial score (nSPS) is 58.6. The van der Waals surface area contributed by atoms with E-state index in [2.05, 4.69) is 0 Å². The average molecular weight is 181 g/mol.